The van der Waals surface area contributed by atoms with Crippen LogP contribution in [0.1, 0.15) is 11.1 Å². The van der Waals surface area contributed by atoms with Gasteiger partial charge < -0.3 is 23.7 Å². The van der Waals surface area contributed by atoms with E-state index in [4.69, 9.17) is 23.7 Å². The maximum Gasteiger partial charge on any atom is 0.163 e. The minimum atomic E-state index is -0.495. The second kappa shape index (κ2) is 8.53. The van der Waals surface area contributed by atoms with Crippen LogP contribution in [0.5, 0.6) is 23.0 Å². The number of rotatable bonds is 8. The molecule has 2 rings (SSSR count). The van der Waals surface area contributed by atoms with Gasteiger partial charge in [-0.2, -0.15) is 0 Å². The van der Waals surface area contributed by atoms with E-state index in [9.17, 15) is 8.78 Å². The summed E-state index contributed by atoms with van der Waals surface area (Å²) in [5.41, 5.74) is 0.553. The van der Waals surface area contributed by atoms with Crippen molar-refractivity contribution in [2.24, 2.45) is 0 Å². The summed E-state index contributed by atoms with van der Waals surface area (Å²) in [7, 11) is 5.76. The van der Waals surface area contributed by atoms with E-state index >= 15 is 0 Å². The lowest BCUT2D eigenvalue weighted by molar-refractivity contribution is 0.102. The van der Waals surface area contributed by atoms with Crippen LogP contribution in [0.2, 0.25) is 0 Å². The number of benzene rings is 2. The minimum Gasteiger partial charge on any atom is -0.493 e. The fourth-order valence-electron chi connectivity index (χ4n) is 2.28. The predicted molar refractivity (Wildman–Crippen MR) is 87.5 cm³/mol. The van der Waals surface area contributed by atoms with Crippen LogP contribution in [0.4, 0.5) is 8.78 Å². The zero-order valence-corrected chi connectivity index (χ0v) is 14.5. The van der Waals surface area contributed by atoms with Crippen LogP contribution in [-0.4, -0.2) is 28.4 Å². The zero-order valence-electron chi connectivity index (χ0n) is 14.5. The lowest BCUT2D eigenvalue weighted by Crippen LogP contribution is -2.02. The Labute approximate surface area is 145 Å². The molecule has 0 aliphatic carbocycles. The first kappa shape index (κ1) is 18.8. The van der Waals surface area contributed by atoms with E-state index in [0.29, 0.717) is 11.5 Å². The summed E-state index contributed by atoms with van der Waals surface area (Å²) < 4.78 is 53.9. The third kappa shape index (κ3) is 4.30. The Bertz CT molecular complexity index is 672. The number of hydrogen-bond donors (Lipinski definition) is 0. The lowest BCUT2D eigenvalue weighted by Gasteiger charge is -2.13. The molecule has 0 amide bonds. The van der Waals surface area contributed by atoms with Crippen LogP contribution in [0, 0.1) is 11.6 Å². The smallest absolute Gasteiger partial charge is 0.163 e. The van der Waals surface area contributed by atoms with Crippen LogP contribution in [0.3, 0.4) is 0 Å². The summed E-state index contributed by atoms with van der Waals surface area (Å²) in [4.78, 5) is 0. The summed E-state index contributed by atoms with van der Waals surface area (Å²) in [5, 5.41) is 0. The number of hydrogen-bond acceptors (Lipinski definition) is 5. The SMILES string of the molecule is COc1cc(F)c(COCc2cc(OC)c(OC)cc2F)cc1OC. The molecule has 25 heavy (non-hydrogen) atoms. The quantitative estimate of drug-likeness (QED) is 0.723. The van der Waals surface area contributed by atoms with Crippen LogP contribution in [0.25, 0.3) is 0 Å². The van der Waals surface area contributed by atoms with Crippen LogP contribution < -0.4 is 18.9 Å². The molecule has 2 aromatic carbocycles. The molecule has 0 N–H and O–H groups in total. The highest BCUT2D eigenvalue weighted by Crippen LogP contribution is 2.32. The van der Waals surface area contributed by atoms with Gasteiger partial charge in [-0.3, -0.25) is 0 Å². The van der Waals surface area contributed by atoms with E-state index in [0.717, 1.165) is 0 Å². The van der Waals surface area contributed by atoms with Gasteiger partial charge in [-0.05, 0) is 12.1 Å². The molecule has 0 aliphatic rings. The van der Waals surface area contributed by atoms with E-state index in [1.165, 1.54) is 52.7 Å². The third-order valence-corrected chi connectivity index (χ3v) is 3.62. The van der Waals surface area contributed by atoms with E-state index in [2.05, 4.69) is 0 Å². The lowest BCUT2D eigenvalue weighted by atomic mass is 10.2. The summed E-state index contributed by atoms with van der Waals surface area (Å²) >= 11 is 0. The number of ether oxygens (including phenoxy) is 5. The van der Waals surface area contributed by atoms with Crippen LogP contribution >= 0.6 is 0 Å². The molecule has 7 heteroatoms. The van der Waals surface area contributed by atoms with E-state index in [1.807, 2.05) is 0 Å². The first-order chi connectivity index (χ1) is 12.0. The summed E-state index contributed by atoms with van der Waals surface area (Å²) in [6, 6.07) is 5.40. The molecule has 0 unspecified atom stereocenters. The molecule has 5 nitrogen and oxygen atoms in total. The standard InChI is InChI=1S/C18H20F2O5/c1-21-15-5-11(13(19)7-17(15)23-3)9-25-10-12-6-16(22-2)18(24-4)8-14(12)20/h5-8H,9-10H2,1-4H3. The Morgan fingerprint density at radius 1 is 0.600 bits per heavy atom. The second-order valence-electron chi connectivity index (χ2n) is 5.09. The molecule has 136 valence electrons. The molecule has 0 spiro atoms. The molecule has 0 radical (unpaired) electrons. The van der Waals surface area contributed by atoms with Gasteiger partial charge in [-0.1, -0.05) is 0 Å². The van der Waals surface area contributed by atoms with Gasteiger partial charge in [0.05, 0.1) is 41.7 Å². The van der Waals surface area contributed by atoms with Gasteiger partial charge in [-0.15, -0.1) is 0 Å². The molecular weight excluding hydrogens is 334 g/mol. The molecule has 0 saturated carbocycles. The Morgan fingerprint density at radius 3 is 1.24 bits per heavy atom. The topological polar surface area (TPSA) is 46.2 Å². The summed E-state index contributed by atoms with van der Waals surface area (Å²) in [5.74, 6) is 0.361. The van der Waals surface area contributed by atoms with Gasteiger partial charge in [0, 0.05) is 23.3 Å². The third-order valence-electron chi connectivity index (χ3n) is 3.62. The predicted octanol–water partition coefficient (Wildman–Crippen LogP) is 3.72. The van der Waals surface area contributed by atoms with Crippen molar-refractivity contribution in [2.45, 2.75) is 13.2 Å². The number of methoxy groups -OCH3 is 4. The normalized spacial score (nSPS) is 10.5. The minimum absolute atomic E-state index is 0.0556. The van der Waals surface area contributed by atoms with Gasteiger partial charge in [-0.25, -0.2) is 8.78 Å². The van der Waals surface area contributed by atoms with E-state index < -0.39 is 11.6 Å². The monoisotopic (exact) mass is 354 g/mol. The highest BCUT2D eigenvalue weighted by atomic mass is 19.1. The summed E-state index contributed by atoms with van der Waals surface area (Å²) in [6.45, 7) is -0.111. The van der Waals surface area contributed by atoms with E-state index in [1.54, 1.807) is 0 Å². The largest absolute Gasteiger partial charge is 0.493 e. The molecule has 0 aliphatic heterocycles. The zero-order chi connectivity index (χ0) is 18.4. The molecular formula is C18H20F2O5. The average Bonchev–Trinajstić information content (AvgIpc) is 2.63. The van der Waals surface area contributed by atoms with Gasteiger partial charge in [0.2, 0.25) is 0 Å². The Hall–Kier alpha value is -2.54. The van der Waals surface area contributed by atoms with Crippen LogP contribution in [-0.2, 0) is 18.0 Å². The van der Waals surface area contributed by atoms with Gasteiger partial charge in [0.25, 0.3) is 0 Å². The molecule has 0 saturated heterocycles. The van der Waals surface area contributed by atoms with Crippen molar-refractivity contribution in [2.75, 3.05) is 28.4 Å². The highest BCUT2D eigenvalue weighted by molar-refractivity contribution is 5.44. The fraction of sp³-hybridized carbons (Fsp3) is 0.333. The maximum absolute atomic E-state index is 14.0. The highest BCUT2D eigenvalue weighted by Gasteiger charge is 2.14. The Morgan fingerprint density at radius 2 is 0.920 bits per heavy atom. The van der Waals surface area contributed by atoms with Crippen molar-refractivity contribution in [3.05, 3.63) is 47.0 Å². The number of halogens is 2. The average molecular weight is 354 g/mol. The maximum atomic E-state index is 14.0. The van der Waals surface area contributed by atoms with E-state index in [-0.39, 0.29) is 35.8 Å². The molecule has 0 fully saturated rings. The first-order valence-electron chi connectivity index (χ1n) is 7.42. The van der Waals surface area contributed by atoms with Crippen LogP contribution in [0.15, 0.2) is 24.3 Å². The fourth-order valence-corrected chi connectivity index (χ4v) is 2.28. The van der Waals surface area contributed by atoms with Crippen molar-refractivity contribution >= 4 is 0 Å². The molecule has 0 aromatic heterocycles. The van der Waals surface area contributed by atoms with Gasteiger partial charge in [0.1, 0.15) is 11.6 Å². The molecule has 0 heterocycles. The van der Waals surface area contributed by atoms with Crippen molar-refractivity contribution < 1.29 is 32.5 Å². The Kier molecular flexibility index (Phi) is 6.41. The molecule has 0 bridgehead atoms. The van der Waals surface area contributed by atoms with Gasteiger partial charge >= 0.3 is 0 Å². The first-order valence-corrected chi connectivity index (χ1v) is 7.42. The van der Waals surface area contributed by atoms with Crippen molar-refractivity contribution in [3.8, 4) is 23.0 Å². The molecule has 0 atom stereocenters. The van der Waals surface area contributed by atoms with Crippen molar-refractivity contribution in [1.29, 1.82) is 0 Å². The molecule has 2 aromatic rings. The second-order valence-corrected chi connectivity index (χ2v) is 5.09. The van der Waals surface area contributed by atoms with Gasteiger partial charge in [0.15, 0.2) is 23.0 Å². The van der Waals surface area contributed by atoms with Crippen molar-refractivity contribution in [1.82, 2.24) is 0 Å². The summed E-state index contributed by atoms with van der Waals surface area (Å²) in [6.07, 6.45) is 0. The Balaban J connectivity index is 2.11. The van der Waals surface area contributed by atoms with Crippen molar-refractivity contribution in [3.63, 3.8) is 0 Å².